The monoisotopic (exact) mass is 242 g/mol. The average molecular weight is 242 g/mol. The second kappa shape index (κ2) is 11.0. The Hall–Kier alpha value is -0.0800. The van der Waals surface area contributed by atoms with Crippen LogP contribution in [0.25, 0.3) is 0 Å². The normalized spacial score (nSPS) is 12.0. The van der Waals surface area contributed by atoms with Crippen LogP contribution in [0.4, 0.5) is 0 Å². The predicted octanol–water partition coefficient (Wildman–Crippen LogP) is 3.71. The van der Waals surface area contributed by atoms with Crippen LogP contribution in [0.2, 0.25) is 0 Å². The second-order valence-electron chi connectivity index (χ2n) is 6.05. The zero-order valence-electron chi connectivity index (χ0n) is 12.6. The zero-order valence-corrected chi connectivity index (χ0v) is 12.6. The zero-order chi connectivity index (χ0) is 13.0. The van der Waals surface area contributed by atoms with Crippen molar-refractivity contribution in [2.45, 2.75) is 78.2 Å². The lowest BCUT2D eigenvalue weighted by atomic mass is 10.1. The first-order chi connectivity index (χ1) is 8.06. The van der Waals surface area contributed by atoms with Crippen molar-refractivity contribution in [1.29, 1.82) is 0 Å². The molecule has 0 heterocycles. The van der Waals surface area contributed by atoms with Crippen molar-refractivity contribution in [2.24, 2.45) is 0 Å². The smallest absolute Gasteiger partial charge is 0.00965 e. The van der Waals surface area contributed by atoms with Gasteiger partial charge in [0.25, 0.3) is 0 Å². The topological polar surface area (TPSA) is 24.1 Å². The van der Waals surface area contributed by atoms with E-state index in [1.165, 1.54) is 51.5 Å². The Morgan fingerprint density at radius 1 is 0.706 bits per heavy atom. The maximum Gasteiger partial charge on any atom is 0.00965 e. The summed E-state index contributed by atoms with van der Waals surface area (Å²) >= 11 is 0. The summed E-state index contributed by atoms with van der Waals surface area (Å²) in [6, 6.07) is 0. The van der Waals surface area contributed by atoms with E-state index in [4.69, 9.17) is 0 Å². The fourth-order valence-corrected chi connectivity index (χ4v) is 1.83. The fourth-order valence-electron chi connectivity index (χ4n) is 1.83. The Morgan fingerprint density at radius 2 is 1.29 bits per heavy atom. The molecule has 0 aromatic heterocycles. The molecule has 2 N–H and O–H groups in total. The van der Waals surface area contributed by atoms with Gasteiger partial charge in [-0.25, -0.2) is 0 Å². The number of hydrogen-bond donors (Lipinski definition) is 2. The number of nitrogens with one attached hydrogen (secondary N) is 2. The van der Waals surface area contributed by atoms with Crippen molar-refractivity contribution in [3.05, 3.63) is 0 Å². The van der Waals surface area contributed by atoms with Gasteiger partial charge in [-0.15, -0.1) is 0 Å². The van der Waals surface area contributed by atoms with E-state index in [0.29, 0.717) is 0 Å². The Morgan fingerprint density at radius 3 is 1.94 bits per heavy atom. The van der Waals surface area contributed by atoms with Crippen LogP contribution in [0.15, 0.2) is 0 Å². The fraction of sp³-hybridized carbons (Fsp3) is 1.00. The average Bonchev–Trinajstić information content (AvgIpc) is 2.24. The SMILES string of the molecule is CCCCCCCCNCCCNC(C)(C)C. The largest absolute Gasteiger partial charge is 0.317 e. The number of unbranched alkanes of at least 4 members (excludes halogenated alkanes) is 5. The third-order valence-corrected chi connectivity index (χ3v) is 2.89. The number of hydrogen-bond acceptors (Lipinski definition) is 2. The molecule has 0 aliphatic rings. The summed E-state index contributed by atoms with van der Waals surface area (Å²) in [4.78, 5) is 0. The molecule has 0 aromatic carbocycles. The van der Waals surface area contributed by atoms with E-state index in [-0.39, 0.29) is 5.54 Å². The van der Waals surface area contributed by atoms with E-state index in [1.54, 1.807) is 0 Å². The molecule has 0 aliphatic heterocycles. The molecule has 104 valence electrons. The Labute approximate surface area is 109 Å². The van der Waals surface area contributed by atoms with Gasteiger partial charge in [-0.3, -0.25) is 0 Å². The molecule has 0 bridgehead atoms. The van der Waals surface area contributed by atoms with E-state index in [2.05, 4.69) is 38.3 Å². The van der Waals surface area contributed by atoms with Gasteiger partial charge in [-0.2, -0.15) is 0 Å². The lowest BCUT2D eigenvalue weighted by Crippen LogP contribution is -2.37. The molecule has 0 atom stereocenters. The van der Waals surface area contributed by atoms with Crippen LogP contribution in [0.5, 0.6) is 0 Å². The van der Waals surface area contributed by atoms with E-state index < -0.39 is 0 Å². The predicted molar refractivity (Wildman–Crippen MR) is 78.6 cm³/mol. The molecule has 0 aromatic rings. The quantitative estimate of drug-likeness (QED) is 0.540. The Bertz CT molecular complexity index is 149. The minimum absolute atomic E-state index is 0.263. The molecular formula is C15H34N2. The minimum Gasteiger partial charge on any atom is -0.317 e. The van der Waals surface area contributed by atoms with Gasteiger partial charge in [0.1, 0.15) is 0 Å². The van der Waals surface area contributed by atoms with Gasteiger partial charge in [0.05, 0.1) is 0 Å². The molecule has 0 saturated carbocycles. The molecule has 0 saturated heterocycles. The van der Waals surface area contributed by atoms with Crippen molar-refractivity contribution in [3.8, 4) is 0 Å². The van der Waals surface area contributed by atoms with Gasteiger partial charge in [-0.1, -0.05) is 39.0 Å². The third-order valence-electron chi connectivity index (χ3n) is 2.89. The second-order valence-corrected chi connectivity index (χ2v) is 6.05. The summed E-state index contributed by atoms with van der Waals surface area (Å²) in [5.41, 5.74) is 0.263. The Kier molecular flexibility index (Phi) is 11.0. The molecule has 2 nitrogen and oxygen atoms in total. The highest BCUT2D eigenvalue weighted by atomic mass is 14.9. The summed E-state index contributed by atoms with van der Waals surface area (Å²) in [7, 11) is 0. The third kappa shape index (κ3) is 15.9. The molecule has 17 heavy (non-hydrogen) atoms. The van der Waals surface area contributed by atoms with Gasteiger partial charge < -0.3 is 10.6 Å². The molecule has 0 fully saturated rings. The highest BCUT2D eigenvalue weighted by Gasteiger charge is 2.06. The maximum atomic E-state index is 3.52. The molecule has 0 unspecified atom stereocenters. The first-order valence-corrected chi connectivity index (χ1v) is 7.52. The summed E-state index contributed by atoms with van der Waals surface area (Å²) in [5.74, 6) is 0. The first kappa shape index (κ1) is 16.9. The van der Waals surface area contributed by atoms with Crippen LogP contribution in [-0.2, 0) is 0 Å². The van der Waals surface area contributed by atoms with Gasteiger partial charge in [0.15, 0.2) is 0 Å². The molecule has 0 spiro atoms. The van der Waals surface area contributed by atoms with Crippen LogP contribution in [0, 0.1) is 0 Å². The summed E-state index contributed by atoms with van der Waals surface area (Å²) in [6.07, 6.45) is 9.56. The van der Waals surface area contributed by atoms with Crippen molar-refractivity contribution in [3.63, 3.8) is 0 Å². The van der Waals surface area contributed by atoms with Crippen LogP contribution in [0.3, 0.4) is 0 Å². The summed E-state index contributed by atoms with van der Waals surface area (Å²) < 4.78 is 0. The van der Waals surface area contributed by atoms with Gasteiger partial charge in [0, 0.05) is 5.54 Å². The molecule has 2 heteroatoms. The van der Waals surface area contributed by atoms with Crippen molar-refractivity contribution >= 4 is 0 Å². The highest BCUT2D eigenvalue weighted by molar-refractivity contribution is 4.69. The standard InChI is InChI=1S/C15H34N2/c1-5-6-7-8-9-10-12-16-13-11-14-17-15(2,3)4/h16-17H,5-14H2,1-4H3. The summed E-state index contributed by atoms with van der Waals surface area (Å²) in [6.45, 7) is 12.4. The molecular weight excluding hydrogens is 208 g/mol. The molecule has 0 amide bonds. The van der Waals surface area contributed by atoms with E-state index in [0.717, 1.165) is 13.1 Å². The van der Waals surface area contributed by atoms with Crippen LogP contribution >= 0.6 is 0 Å². The van der Waals surface area contributed by atoms with Gasteiger partial charge in [0.2, 0.25) is 0 Å². The maximum absolute atomic E-state index is 3.52. The van der Waals surface area contributed by atoms with E-state index in [9.17, 15) is 0 Å². The van der Waals surface area contributed by atoms with Crippen LogP contribution < -0.4 is 10.6 Å². The summed E-state index contributed by atoms with van der Waals surface area (Å²) in [5, 5.41) is 7.03. The van der Waals surface area contributed by atoms with Crippen molar-refractivity contribution in [1.82, 2.24) is 10.6 Å². The number of rotatable bonds is 11. The van der Waals surface area contributed by atoms with Crippen LogP contribution in [-0.4, -0.2) is 25.2 Å². The first-order valence-electron chi connectivity index (χ1n) is 7.52. The van der Waals surface area contributed by atoms with E-state index >= 15 is 0 Å². The lowest BCUT2D eigenvalue weighted by Gasteiger charge is -2.20. The molecule has 0 aliphatic carbocycles. The lowest BCUT2D eigenvalue weighted by molar-refractivity contribution is 0.418. The van der Waals surface area contributed by atoms with Gasteiger partial charge >= 0.3 is 0 Å². The molecule has 0 rings (SSSR count). The van der Waals surface area contributed by atoms with Crippen molar-refractivity contribution < 1.29 is 0 Å². The Balaban J connectivity index is 2.99. The van der Waals surface area contributed by atoms with E-state index in [1.807, 2.05) is 0 Å². The minimum atomic E-state index is 0.263. The van der Waals surface area contributed by atoms with Crippen LogP contribution in [0.1, 0.15) is 72.6 Å². The highest BCUT2D eigenvalue weighted by Crippen LogP contribution is 2.04. The van der Waals surface area contributed by atoms with Gasteiger partial charge in [-0.05, 0) is 53.2 Å². The molecule has 0 radical (unpaired) electrons. The van der Waals surface area contributed by atoms with Crippen molar-refractivity contribution in [2.75, 3.05) is 19.6 Å².